The van der Waals surface area contributed by atoms with Crippen molar-refractivity contribution in [1.82, 2.24) is 0 Å². The van der Waals surface area contributed by atoms with Gasteiger partial charge in [0, 0.05) is 5.69 Å². The molecule has 0 amide bonds. The summed E-state index contributed by atoms with van der Waals surface area (Å²) in [5.74, 6) is 0. The fourth-order valence-electron chi connectivity index (χ4n) is 1.06. The Balaban J connectivity index is 3.22. The fraction of sp³-hybridized carbons (Fsp3) is 0. The summed E-state index contributed by atoms with van der Waals surface area (Å²) in [7, 11) is 0. The highest BCUT2D eigenvalue weighted by molar-refractivity contribution is 6.48. The van der Waals surface area contributed by atoms with Crippen LogP contribution in [0.1, 0.15) is 0 Å². The number of nitrogens with zero attached hydrogens (tertiary/aromatic N) is 3. The second-order valence-corrected chi connectivity index (χ2v) is 4.16. The van der Waals surface area contributed by atoms with Gasteiger partial charge in [0.1, 0.15) is 23.9 Å². The Morgan fingerprint density at radius 3 is 1.83 bits per heavy atom. The molecule has 0 fully saturated rings. The number of halogens is 3. The molecule has 0 spiro atoms. The van der Waals surface area contributed by atoms with Gasteiger partial charge in [-0.25, -0.2) is 0 Å². The number of allylic oxidation sites excluding steroid dienone is 2. The molecule has 18 heavy (non-hydrogen) atoms. The number of nitrogens with one attached hydrogen (secondary N) is 1. The zero-order chi connectivity index (χ0) is 13.7. The Hall–Kier alpha value is -1.90. The van der Waals surface area contributed by atoms with Gasteiger partial charge >= 0.3 is 0 Å². The van der Waals surface area contributed by atoms with Crippen LogP contribution in [0.15, 0.2) is 23.4 Å². The van der Waals surface area contributed by atoms with Gasteiger partial charge in [-0.2, -0.15) is 15.8 Å². The van der Waals surface area contributed by atoms with E-state index in [4.69, 9.17) is 50.6 Å². The van der Waals surface area contributed by atoms with Gasteiger partial charge in [-0.15, -0.1) is 0 Å². The fourth-order valence-corrected chi connectivity index (χ4v) is 1.65. The molecule has 0 aliphatic rings. The van der Waals surface area contributed by atoms with Crippen LogP contribution in [0, 0.1) is 34.0 Å². The summed E-state index contributed by atoms with van der Waals surface area (Å²) in [6.07, 6.45) is 0. The monoisotopic (exact) mass is 296 g/mol. The quantitative estimate of drug-likeness (QED) is 0.663. The number of nitriles is 3. The molecular formula is C11H3Cl3N4. The van der Waals surface area contributed by atoms with E-state index in [1.54, 1.807) is 18.2 Å². The molecule has 0 saturated carbocycles. The molecule has 0 aliphatic carbocycles. The van der Waals surface area contributed by atoms with Crippen molar-refractivity contribution < 1.29 is 0 Å². The standard InChI is InChI=1S/C11H3Cl3N4/c12-8-1-7(2-9(13)11(8)14)18-10(5-17)6(3-15)4-16/h1-2,18H. The van der Waals surface area contributed by atoms with E-state index >= 15 is 0 Å². The molecule has 0 atom stereocenters. The summed E-state index contributed by atoms with van der Waals surface area (Å²) in [6.45, 7) is 0. The van der Waals surface area contributed by atoms with Crippen molar-refractivity contribution in [3.8, 4) is 18.2 Å². The smallest absolute Gasteiger partial charge is 0.163 e. The highest BCUT2D eigenvalue weighted by atomic mass is 35.5. The second-order valence-electron chi connectivity index (χ2n) is 2.96. The Morgan fingerprint density at radius 2 is 1.44 bits per heavy atom. The average Bonchev–Trinajstić information content (AvgIpc) is 2.35. The van der Waals surface area contributed by atoms with Crippen LogP contribution in [0.25, 0.3) is 0 Å². The van der Waals surface area contributed by atoms with Gasteiger partial charge in [-0.05, 0) is 12.1 Å². The van der Waals surface area contributed by atoms with Crippen molar-refractivity contribution in [2.24, 2.45) is 0 Å². The van der Waals surface area contributed by atoms with E-state index in [1.165, 1.54) is 12.1 Å². The normalized spacial score (nSPS) is 8.67. The van der Waals surface area contributed by atoms with Crippen molar-refractivity contribution >= 4 is 40.5 Å². The summed E-state index contributed by atoms with van der Waals surface area (Å²) < 4.78 is 0. The first kappa shape index (κ1) is 14.2. The van der Waals surface area contributed by atoms with Crippen molar-refractivity contribution in [3.63, 3.8) is 0 Å². The molecule has 1 aromatic rings. The minimum atomic E-state index is -0.334. The van der Waals surface area contributed by atoms with Crippen LogP contribution < -0.4 is 5.32 Å². The van der Waals surface area contributed by atoms with E-state index in [0.29, 0.717) is 5.69 Å². The van der Waals surface area contributed by atoms with E-state index in [0.717, 1.165) is 0 Å². The van der Waals surface area contributed by atoms with Gasteiger partial charge in [-0.3, -0.25) is 0 Å². The van der Waals surface area contributed by atoms with Gasteiger partial charge in [0.25, 0.3) is 0 Å². The minimum absolute atomic E-state index is 0.186. The van der Waals surface area contributed by atoms with Gasteiger partial charge in [0.15, 0.2) is 5.57 Å². The largest absolute Gasteiger partial charge is 0.345 e. The average molecular weight is 298 g/mol. The Morgan fingerprint density at radius 1 is 0.944 bits per heavy atom. The van der Waals surface area contributed by atoms with Gasteiger partial charge < -0.3 is 5.32 Å². The molecule has 1 rings (SSSR count). The summed E-state index contributed by atoms with van der Waals surface area (Å²) in [5.41, 5.74) is -0.164. The molecule has 1 aromatic carbocycles. The molecule has 0 unspecified atom stereocenters. The van der Waals surface area contributed by atoms with E-state index < -0.39 is 0 Å². The lowest BCUT2D eigenvalue weighted by Gasteiger charge is -2.07. The third kappa shape index (κ3) is 3.06. The molecule has 0 aliphatic heterocycles. The maximum atomic E-state index is 8.85. The summed E-state index contributed by atoms with van der Waals surface area (Å²) in [6, 6.07) is 7.78. The third-order valence-electron chi connectivity index (χ3n) is 1.84. The summed E-state index contributed by atoms with van der Waals surface area (Å²) in [5, 5.41) is 29.3. The molecule has 0 heterocycles. The van der Waals surface area contributed by atoms with Crippen LogP contribution in [0.4, 0.5) is 5.69 Å². The molecule has 0 aromatic heterocycles. The molecule has 0 saturated heterocycles. The zero-order valence-electron chi connectivity index (χ0n) is 8.63. The second kappa shape index (κ2) is 6.15. The van der Waals surface area contributed by atoms with Crippen LogP contribution >= 0.6 is 34.8 Å². The predicted molar refractivity (Wildman–Crippen MR) is 69.0 cm³/mol. The lowest BCUT2D eigenvalue weighted by Crippen LogP contribution is -2.00. The van der Waals surface area contributed by atoms with E-state index in [1.807, 2.05) is 0 Å². The maximum absolute atomic E-state index is 8.85. The highest BCUT2D eigenvalue weighted by Gasteiger charge is 2.09. The number of benzene rings is 1. The van der Waals surface area contributed by atoms with E-state index in [2.05, 4.69) is 5.32 Å². The molecule has 1 N–H and O–H groups in total. The number of anilines is 1. The predicted octanol–water partition coefficient (Wildman–Crippen LogP) is 3.88. The molecule has 4 nitrogen and oxygen atoms in total. The topological polar surface area (TPSA) is 83.4 Å². The van der Waals surface area contributed by atoms with E-state index in [-0.39, 0.29) is 26.3 Å². The Kier molecular flexibility index (Phi) is 4.84. The first-order valence-corrected chi connectivity index (χ1v) is 5.53. The number of hydrogen-bond donors (Lipinski definition) is 1. The molecular weight excluding hydrogens is 295 g/mol. The van der Waals surface area contributed by atoms with Gasteiger partial charge in [0.05, 0.1) is 15.1 Å². The summed E-state index contributed by atoms with van der Waals surface area (Å²) in [4.78, 5) is 0. The SMILES string of the molecule is N#CC(C#N)=C(C#N)Nc1cc(Cl)c(Cl)c(Cl)c1. The van der Waals surface area contributed by atoms with Crippen LogP contribution in [-0.2, 0) is 0 Å². The summed E-state index contributed by atoms with van der Waals surface area (Å²) >= 11 is 17.4. The van der Waals surface area contributed by atoms with Crippen molar-refractivity contribution in [2.75, 3.05) is 5.32 Å². The van der Waals surface area contributed by atoms with Crippen molar-refractivity contribution in [3.05, 3.63) is 38.5 Å². The van der Waals surface area contributed by atoms with Crippen LogP contribution in [0.2, 0.25) is 15.1 Å². The third-order valence-corrected chi connectivity index (χ3v) is 3.04. The molecule has 0 radical (unpaired) electrons. The highest BCUT2D eigenvalue weighted by Crippen LogP contribution is 2.33. The van der Waals surface area contributed by atoms with Crippen molar-refractivity contribution in [2.45, 2.75) is 0 Å². The molecule has 88 valence electrons. The first-order valence-electron chi connectivity index (χ1n) is 4.39. The molecule has 0 bridgehead atoms. The van der Waals surface area contributed by atoms with E-state index in [9.17, 15) is 0 Å². The lowest BCUT2D eigenvalue weighted by molar-refractivity contribution is 1.37. The maximum Gasteiger partial charge on any atom is 0.163 e. The lowest BCUT2D eigenvalue weighted by atomic mass is 10.2. The van der Waals surface area contributed by atoms with Crippen molar-refractivity contribution in [1.29, 1.82) is 15.8 Å². The van der Waals surface area contributed by atoms with Gasteiger partial charge in [-0.1, -0.05) is 34.8 Å². The minimum Gasteiger partial charge on any atom is -0.345 e. The number of rotatable bonds is 2. The van der Waals surface area contributed by atoms with Crippen LogP contribution in [0.5, 0.6) is 0 Å². The van der Waals surface area contributed by atoms with Crippen LogP contribution in [-0.4, -0.2) is 0 Å². The van der Waals surface area contributed by atoms with Crippen LogP contribution in [0.3, 0.4) is 0 Å². The molecule has 7 heteroatoms. The Labute approximate surface area is 118 Å². The number of hydrogen-bond acceptors (Lipinski definition) is 4. The Bertz CT molecular complexity index is 605. The van der Waals surface area contributed by atoms with Gasteiger partial charge in [0.2, 0.25) is 0 Å². The zero-order valence-corrected chi connectivity index (χ0v) is 10.9. The first-order chi connectivity index (χ1) is 8.53.